The van der Waals surface area contributed by atoms with Crippen molar-refractivity contribution in [3.63, 3.8) is 0 Å². The standard InChI is InChI=1S/C76H48N10/c1-6-24-49(25-7-1)62-48-63(58-36-18-22-40-66(58)85-64-38-20-16-34-56(64)60-46-54(42-44-68(60)85)74-81-70(50-26-8-2-9-27-50)79-71(82-74)51-28-10-3-11-29-51)78-76(77-62)59-37-19-23-41-67(59)86-65-39-21-17-35-57(65)61-47-55(43-45-69(61)86)75-83-72(52-30-12-4-13-31-52)80-73(84-75)53-32-14-5-15-33-53/h1-48H. The largest absolute Gasteiger partial charge is 0.309 e. The van der Waals surface area contributed by atoms with E-state index >= 15 is 0 Å². The van der Waals surface area contributed by atoms with E-state index in [1.807, 2.05) is 127 Å². The molecule has 10 heteroatoms. The lowest BCUT2D eigenvalue weighted by molar-refractivity contribution is 1.07. The quantitative estimate of drug-likeness (QED) is 0.126. The second-order valence-corrected chi connectivity index (χ2v) is 21.1. The summed E-state index contributed by atoms with van der Waals surface area (Å²) in [5, 5.41) is 4.32. The zero-order valence-corrected chi connectivity index (χ0v) is 46.2. The Morgan fingerprint density at radius 1 is 0.186 bits per heavy atom. The molecule has 86 heavy (non-hydrogen) atoms. The Hall–Kier alpha value is -11.9. The highest BCUT2D eigenvalue weighted by atomic mass is 15.1. The maximum atomic E-state index is 5.62. The Balaban J connectivity index is 0.845. The van der Waals surface area contributed by atoms with E-state index in [1.54, 1.807) is 0 Å². The van der Waals surface area contributed by atoms with Crippen LogP contribution in [0.5, 0.6) is 0 Å². The predicted molar refractivity (Wildman–Crippen MR) is 346 cm³/mol. The monoisotopic (exact) mass is 1100 g/mol. The lowest BCUT2D eigenvalue weighted by atomic mass is 10.0. The van der Waals surface area contributed by atoms with E-state index in [-0.39, 0.29) is 0 Å². The molecule has 402 valence electrons. The number of aromatic nitrogens is 10. The molecule has 0 unspecified atom stereocenters. The van der Waals surface area contributed by atoms with Crippen molar-refractivity contribution in [3.8, 4) is 114 Å². The van der Waals surface area contributed by atoms with Crippen LogP contribution in [0.25, 0.3) is 157 Å². The van der Waals surface area contributed by atoms with Gasteiger partial charge in [0.25, 0.3) is 0 Å². The van der Waals surface area contributed by atoms with E-state index < -0.39 is 0 Å². The number of rotatable bonds is 11. The highest BCUT2D eigenvalue weighted by molar-refractivity contribution is 6.12. The van der Waals surface area contributed by atoms with E-state index in [0.29, 0.717) is 40.8 Å². The third kappa shape index (κ3) is 8.93. The highest BCUT2D eigenvalue weighted by Crippen LogP contribution is 2.42. The minimum Gasteiger partial charge on any atom is -0.309 e. The van der Waals surface area contributed by atoms with Crippen molar-refractivity contribution < 1.29 is 0 Å². The molecule has 16 aromatic rings. The van der Waals surface area contributed by atoms with Gasteiger partial charge in [-0.3, -0.25) is 0 Å². The molecular weight excluding hydrogens is 1050 g/mol. The molecule has 0 aliphatic rings. The fraction of sp³-hybridized carbons (Fsp3) is 0. The molecule has 0 saturated carbocycles. The molecule has 0 N–H and O–H groups in total. The van der Waals surface area contributed by atoms with E-state index in [4.69, 9.17) is 39.9 Å². The van der Waals surface area contributed by atoms with Crippen LogP contribution in [0.1, 0.15) is 0 Å². The number of hydrogen-bond acceptors (Lipinski definition) is 8. The molecule has 0 amide bonds. The lowest BCUT2D eigenvalue weighted by Crippen LogP contribution is -2.03. The summed E-state index contributed by atoms with van der Waals surface area (Å²) in [5.41, 5.74) is 15.9. The molecule has 0 fully saturated rings. The zero-order chi connectivity index (χ0) is 56.9. The third-order valence-corrected chi connectivity index (χ3v) is 15.9. The van der Waals surface area contributed by atoms with Gasteiger partial charge in [0.1, 0.15) is 0 Å². The SMILES string of the molecule is c1ccc(-c2cc(-c3ccccc3-n3c4ccccc4c4cc(-c5nc(-c6ccccc6)nc(-c6ccccc6)n5)ccc43)nc(-c3ccccc3-n3c4ccccc4c4cc(-c5nc(-c6ccccc6)nc(-c6ccccc6)n5)ccc43)n2)cc1. The van der Waals surface area contributed by atoms with Gasteiger partial charge in [-0.05, 0) is 72.8 Å². The number of para-hydroxylation sites is 4. The molecule has 16 rings (SSSR count). The van der Waals surface area contributed by atoms with Crippen molar-refractivity contribution in [3.05, 3.63) is 291 Å². The molecule has 0 bridgehead atoms. The first-order valence-corrected chi connectivity index (χ1v) is 28.6. The lowest BCUT2D eigenvalue weighted by Gasteiger charge is -2.17. The highest BCUT2D eigenvalue weighted by Gasteiger charge is 2.23. The van der Waals surface area contributed by atoms with E-state index in [1.165, 1.54) is 0 Å². The van der Waals surface area contributed by atoms with Gasteiger partial charge in [0.15, 0.2) is 40.8 Å². The van der Waals surface area contributed by atoms with Crippen molar-refractivity contribution >= 4 is 43.6 Å². The molecule has 0 saturated heterocycles. The van der Waals surface area contributed by atoms with Crippen LogP contribution in [-0.4, -0.2) is 49.0 Å². The van der Waals surface area contributed by atoms with Crippen LogP contribution in [-0.2, 0) is 0 Å². The first-order chi connectivity index (χ1) is 42.6. The second-order valence-electron chi connectivity index (χ2n) is 21.1. The van der Waals surface area contributed by atoms with Gasteiger partial charge in [-0.15, -0.1) is 0 Å². The van der Waals surface area contributed by atoms with Crippen LogP contribution in [0.4, 0.5) is 0 Å². The minimum atomic E-state index is 0.593. The fourth-order valence-electron chi connectivity index (χ4n) is 11.8. The topological polar surface area (TPSA) is 113 Å². The average molecular weight is 1100 g/mol. The van der Waals surface area contributed by atoms with Crippen LogP contribution >= 0.6 is 0 Å². The van der Waals surface area contributed by atoms with Crippen LogP contribution in [0.15, 0.2) is 291 Å². The molecule has 11 aromatic carbocycles. The Morgan fingerprint density at radius 2 is 0.500 bits per heavy atom. The molecule has 5 heterocycles. The smallest absolute Gasteiger partial charge is 0.164 e. The van der Waals surface area contributed by atoms with Crippen molar-refractivity contribution in [2.24, 2.45) is 0 Å². The van der Waals surface area contributed by atoms with Crippen molar-refractivity contribution in [2.45, 2.75) is 0 Å². The Morgan fingerprint density at radius 3 is 0.930 bits per heavy atom. The van der Waals surface area contributed by atoms with Gasteiger partial charge in [0.05, 0.1) is 44.8 Å². The Kier molecular flexibility index (Phi) is 12.3. The first-order valence-electron chi connectivity index (χ1n) is 28.6. The molecule has 0 aliphatic carbocycles. The number of benzene rings is 11. The molecule has 0 radical (unpaired) electrons. The molecular formula is C76H48N10. The zero-order valence-electron chi connectivity index (χ0n) is 46.2. The van der Waals surface area contributed by atoms with Crippen LogP contribution < -0.4 is 0 Å². The van der Waals surface area contributed by atoms with Gasteiger partial charge >= 0.3 is 0 Å². The van der Waals surface area contributed by atoms with Crippen LogP contribution in [0.3, 0.4) is 0 Å². The van der Waals surface area contributed by atoms with Gasteiger partial charge in [-0.2, -0.15) is 0 Å². The van der Waals surface area contributed by atoms with Crippen molar-refractivity contribution in [1.82, 2.24) is 49.0 Å². The number of fused-ring (bicyclic) bond motifs is 6. The molecule has 0 aliphatic heterocycles. The summed E-state index contributed by atoms with van der Waals surface area (Å²) in [6, 6.07) is 100. The first kappa shape index (κ1) is 49.9. The molecule has 0 spiro atoms. The molecule has 0 atom stereocenters. The summed E-state index contributed by atoms with van der Waals surface area (Å²) in [6.07, 6.45) is 0. The summed E-state index contributed by atoms with van der Waals surface area (Å²) in [6.45, 7) is 0. The summed E-state index contributed by atoms with van der Waals surface area (Å²) >= 11 is 0. The summed E-state index contributed by atoms with van der Waals surface area (Å²) in [4.78, 5) is 41.5. The number of nitrogens with zero attached hydrogens (tertiary/aromatic N) is 10. The Labute approximate surface area is 494 Å². The fourth-order valence-corrected chi connectivity index (χ4v) is 11.8. The van der Waals surface area contributed by atoms with Crippen molar-refractivity contribution in [1.29, 1.82) is 0 Å². The Bertz CT molecular complexity index is 4800. The maximum Gasteiger partial charge on any atom is 0.164 e. The average Bonchev–Trinajstić information content (AvgIpc) is 2.29. The normalized spacial score (nSPS) is 11.5. The minimum absolute atomic E-state index is 0.593. The van der Waals surface area contributed by atoms with Gasteiger partial charge in [0.2, 0.25) is 0 Å². The summed E-state index contributed by atoms with van der Waals surface area (Å²) in [7, 11) is 0. The third-order valence-electron chi connectivity index (χ3n) is 15.9. The van der Waals surface area contributed by atoms with Crippen LogP contribution in [0.2, 0.25) is 0 Å². The van der Waals surface area contributed by atoms with Gasteiger partial charge in [-0.25, -0.2) is 39.9 Å². The summed E-state index contributed by atoms with van der Waals surface area (Å²) < 4.78 is 4.69. The second kappa shape index (κ2) is 21.1. The van der Waals surface area contributed by atoms with Gasteiger partial charge in [-0.1, -0.05) is 218 Å². The van der Waals surface area contributed by atoms with Gasteiger partial charge < -0.3 is 9.13 Å². The van der Waals surface area contributed by atoms with E-state index in [9.17, 15) is 0 Å². The van der Waals surface area contributed by atoms with E-state index in [0.717, 1.165) is 116 Å². The van der Waals surface area contributed by atoms with E-state index in [2.05, 4.69) is 173 Å². The number of hydrogen-bond donors (Lipinski definition) is 0. The summed E-state index contributed by atoms with van der Waals surface area (Å²) in [5.74, 6) is 4.24. The van der Waals surface area contributed by atoms with Gasteiger partial charge in [0, 0.05) is 71.6 Å². The maximum absolute atomic E-state index is 5.62. The van der Waals surface area contributed by atoms with Crippen LogP contribution in [0, 0.1) is 0 Å². The molecule has 10 nitrogen and oxygen atoms in total. The van der Waals surface area contributed by atoms with Crippen molar-refractivity contribution in [2.75, 3.05) is 0 Å². The molecule has 5 aromatic heterocycles. The predicted octanol–water partition coefficient (Wildman–Crippen LogP) is 18.0.